The summed E-state index contributed by atoms with van der Waals surface area (Å²) in [6.07, 6.45) is 9.78. The van der Waals surface area contributed by atoms with Gasteiger partial charge in [-0.3, -0.25) is 23.6 Å². The fraction of sp³-hybridized carbons (Fsp3) is 0.206. The molecule has 2 aromatic carbocycles. The number of carbonyl (C=O) groups excluding carboxylic acids is 1. The van der Waals surface area contributed by atoms with E-state index in [9.17, 15) is 18.0 Å². The highest BCUT2D eigenvalue weighted by molar-refractivity contribution is 7.90. The van der Waals surface area contributed by atoms with Crippen LogP contribution in [-0.2, 0) is 30.1 Å². The minimum absolute atomic E-state index is 0.106. The van der Waals surface area contributed by atoms with Crippen LogP contribution < -0.4 is 20.7 Å². The van der Waals surface area contributed by atoms with Crippen LogP contribution in [0.4, 0.5) is 5.82 Å². The van der Waals surface area contributed by atoms with Crippen molar-refractivity contribution >= 4 is 38.4 Å². The van der Waals surface area contributed by atoms with Crippen molar-refractivity contribution in [1.29, 1.82) is 0 Å². The molecule has 242 valence electrons. The largest absolute Gasteiger partial charge is 0.344 e. The Morgan fingerprint density at radius 2 is 1.83 bits per heavy atom. The number of fused-ring (bicyclic) bond motifs is 1. The third-order valence-corrected chi connectivity index (χ3v) is 8.84. The normalized spacial score (nSPS) is 13.5. The number of para-hydroxylation sites is 1. The summed E-state index contributed by atoms with van der Waals surface area (Å²) in [5.41, 5.74) is 4.35. The Balaban J connectivity index is 1.44. The standard InChI is InChI=1S/C34H31N9O4S/c1-21(38-33(44)29-31(40-48(35,46)47)39-42-18-8-17-36-32(29)42)30-26-12-7-6-9-23-15-16-24(14-13-22-19-37-41(2)20-22)28(27(23)26)34(45)43(30)25-10-4-3-5-11-25/h3-5,8,10-11,15-21H,6-7,9,12H2,1-2H3,(H,38,44)(H,39,40)(H2,35,46,47)/t21-/m0/s1. The summed E-state index contributed by atoms with van der Waals surface area (Å²) in [5, 5.41) is 18.0. The molecule has 0 unspecified atom stereocenters. The zero-order valence-corrected chi connectivity index (χ0v) is 27.0. The lowest BCUT2D eigenvalue weighted by Gasteiger charge is -2.25. The Labute approximate surface area is 275 Å². The third kappa shape index (κ3) is 5.70. The second kappa shape index (κ2) is 12.1. The Bertz CT molecular complexity index is 2470. The van der Waals surface area contributed by atoms with Crippen LogP contribution in [0.2, 0.25) is 0 Å². The minimum atomic E-state index is -4.27. The summed E-state index contributed by atoms with van der Waals surface area (Å²) >= 11 is 0. The van der Waals surface area contributed by atoms with E-state index in [0.29, 0.717) is 28.8 Å². The molecule has 1 atom stereocenters. The molecule has 13 nitrogen and oxygen atoms in total. The van der Waals surface area contributed by atoms with Crippen LogP contribution in [0.25, 0.3) is 22.1 Å². The first-order valence-electron chi connectivity index (χ1n) is 15.3. The first-order chi connectivity index (χ1) is 23.1. The molecule has 4 aromatic heterocycles. The molecule has 0 fully saturated rings. The molecule has 6 aromatic rings. The molecule has 1 aliphatic rings. The predicted octanol–water partition coefficient (Wildman–Crippen LogP) is 3.15. The van der Waals surface area contributed by atoms with Crippen LogP contribution in [0.3, 0.4) is 0 Å². The summed E-state index contributed by atoms with van der Waals surface area (Å²) in [6.45, 7) is 1.80. The molecule has 4 N–H and O–H groups in total. The van der Waals surface area contributed by atoms with Crippen LogP contribution in [0.5, 0.6) is 0 Å². The average Bonchev–Trinajstić information content (AvgIpc) is 3.56. The van der Waals surface area contributed by atoms with Crippen molar-refractivity contribution in [3.63, 3.8) is 0 Å². The summed E-state index contributed by atoms with van der Waals surface area (Å²) in [6, 6.07) is 14.1. The van der Waals surface area contributed by atoms with Crippen molar-refractivity contribution in [3.8, 4) is 17.5 Å². The van der Waals surface area contributed by atoms with Crippen molar-refractivity contribution in [2.45, 2.75) is 38.6 Å². The molecule has 48 heavy (non-hydrogen) atoms. The maximum atomic E-state index is 14.8. The van der Waals surface area contributed by atoms with Gasteiger partial charge >= 0.3 is 0 Å². The van der Waals surface area contributed by atoms with E-state index in [-0.39, 0.29) is 22.6 Å². The molecule has 0 bridgehead atoms. The summed E-state index contributed by atoms with van der Waals surface area (Å²) in [5.74, 6) is 5.48. The van der Waals surface area contributed by atoms with E-state index in [4.69, 9.17) is 5.14 Å². The van der Waals surface area contributed by atoms with E-state index in [2.05, 4.69) is 37.1 Å². The SMILES string of the molecule is C[C@H](NC(=O)c1c(NS(N)(=O)=O)nn2cccnc12)c1c2c3c(ccc(C#Cc4cnn(C)c4)c3c(=O)n1-c1ccccc1)CCCC2. The van der Waals surface area contributed by atoms with Gasteiger partial charge in [-0.2, -0.15) is 13.5 Å². The van der Waals surface area contributed by atoms with Crippen molar-refractivity contribution in [3.05, 3.63) is 117 Å². The number of anilines is 1. The van der Waals surface area contributed by atoms with Gasteiger partial charge < -0.3 is 5.32 Å². The van der Waals surface area contributed by atoms with Gasteiger partial charge in [0.1, 0.15) is 5.56 Å². The van der Waals surface area contributed by atoms with Crippen LogP contribution in [0, 0.1) is 11.8 Å². The minimum Gasteiger partial charge on any atom is -0.344 e. The first-order valence-corrected chi connectivity index (χ1v) is 16.9. The van der Waals surface area contributed by atoms with E-state index in [1.807, 2.05) is 55.7 Å². The number of amides is 1. The Morgan fingerprint density at radius 1 is 1.04 bits per heavy atom. The van der Waals surface area contributed by atoms with E-state index in [0.717, 1.165) is 41.3 Å². The van der Waals surface area contributed by atoms with Gasteiger partial charge in [0.2, 0.25) is 0 Å². The van der Waals surface area contributed by atoms with Gasteiger partial charge in [0.05, 0.1) is 28.9 Å². The molecule has 0 saturated carbocycles. The number of aromatic nitrogens is 6. The maximum Gasteiger partial charge on any atom is 0.297 e. The smallest absolute Gasteiger partial charge is 0.297 e. The number of nitrogens with two attached hydrogens (primary N) is 1. The summed E-state index contributed by atoms with van der Waals surface area (Å²) < 4.78 is 30.7. The molecule has 4 heterocycles. The molecule has 0 spiro atoms. The Morgan fingerprint density at radius 3 is 2.58 bits per heavy atom. The highest BCUT2D eigenvalue weighted by Crippen LogP contribution is 2.35. The molecule has 0 saturated heterocycles. The molecule has 0 aliphatic heterocycles. The van der Waals surface area contributed by atoms with Gasteiger partial charge in [-0.15, -0.1) is 5.10 Å². The Hall–Kier alpha value is -5.78. The lowest BCUT2D eigenvalue weighted by molar-refractivity contribution is 0.0941. The third-order valence-electron chi connectivity index (χ3n) is 8.36. The number of rotatable bonds is 6. The first kappa shape index (κ1) is 30.9. The molecular weight excluding hydrogens is 631 g/mol. The van der Waals surface area contributed by atoms with Crippen molar-refractivity contribution in [2.24, 2.45) is 12.2 Å². The number of carbonyl (C=O) groups is 1. The zero-order chi connectivity index (χ0) is 33.6. The van der Waals surface area contributed by atoms with Crippen molar-refractivity contribution in [1.82, 2.24) is 34.3 Å². The van der Waals surface area contributed by atoms with Gasteiger partial charge in [-0.05, 0) is 73.4 Å². The van der Waals surface area contributed by atoms with Gasteiger partial charge in [0, 0.05) is 36.9 Å². The maximum absolute atomic E-state index is 14.8. The van der Waals surface area contributed by atoms with E-state index in [1.54, 1.807) is 28.4 Å². The van der Waals surface area contributed by atoms with Crippen LogP contribution >= 0.6 is 0 Å². The van der Waals surface area contributed by atoms with E-state index >= 15 is 0 Å². The van der Waals surface area contributed by atoms with Gasteiger partial charge in [0.25, 0.3) is 21.7 Å². The number of hydrogen-bond acceptors (Lipinski definition) is 7. The average molecular weight is 662 g/mol. The molecule has 14 heteroatoms. The summed E-state index contributed by atoms with van der Waals surface area (Å²) in [7, 11) is -2.45. The number of nitrogens with one attached hydrogen (secondary N) is 2. The zero-order valence-electron chi connectivity index (χ0n) is 26.1. The second-order valence-electron chi connectivity index (χ2n) is 11.7. The number of aryl methyl sites for hydroxylation is 3. The van der Waals surface area contributed by atoms with Gasteiger partial charge in [0.15, 0.2) is 11.5 Å². The van der Waals surface area contributed by atoms with Crippen LogP contribution in [0.1, 0.15) is 64.1 Å². The van der Waals surface area contributed by atoms with Crippen molar-refractivity contribution < 1.29 is 13.2 Å². The predicted molar refractivity (Wildman–Crippen MR) is 181 cm³/mol. The lowest BCUT2D eigenvalue weighted by Crippen LogP contribution is -2.34. The monoisotopic (exact) mass is 661 g/mol. The van der Waals surface area contributed by atoms with E-state index in [1.165, 1.54) is 16.9 Å². The van der Waals surface area contributed by atoms with Crippen LogP contribution in [0.15, 0.2) is 78.1 Å². The fourth-order valence-electron chi connectivity index (χ4n) is 6.43. The number of nitrogens with zero attached hydrogens (tertiary/aromatic N) is 6. The second-order valence-corrected chi connectivity index (χ2v) is 13.0. The molecule has 7 rings (SSSR count). The van der Waals surface area contributed by atoms with Crippen LogP contribution in [-0.4, -0.2) is 43.3 Å². The van der Waals surface area contributed by atoms with Crippen molar-refractivity contribution in [2.75, 3.05) is 4.72 Å². The number of benzene rings is 2. The lowest BCUT2D eigenvalue weighted by atomic mass is 9.92. The Kier molecular flexibility index (Phi) is 7.78. The fourth-order valence-corrected chi connectivity index (χ4v) is 6.85. The number of pyridine rings is 1. The summed E-state index contributed by atoms with van der Waals surface area (Å²) in [4.78, 5) is 33.1. The van der Waals surface area contributed by atoms with E-state index < -0.39 is 22.2 Å². The quantitative estimate of drug-likeness (QED) is 0.230. The van der Waals surface area contributed by atoms with Gasteiger partial charge in [-0.25, -0.2) is 14.6 Å². The highest BCUT2D eigenvalue weighted by Gasteiger charge is 2.29. The van der Waals surface area contributed by atoms with Gasteiger partial charge in [-0.1, -0.05) is 36.1 Å². The topological polar surface area (TPSA) is 171 Å². The molecule has 0 radical (unpaired) electrons. The molecule has 1 amide bonds. The molecule has 1 aliphatic carbocycles. The highest BCUT2D eigenvalue weighted by atomic mass is 32.2. The molecular formula is C34H31N9O4S. The number of hydrogen-bond donors (Lipinski definition) is 3.